The van der Waals surface area contributed by atoms with E-state index in [2.05, 4.69) is 4.89 Å². The first-order valence-electron chi connectivity index (χ1n) is 5.66. The minimum Gasteiger partial charge on any atom is -0.326 e. The Labute approximate surface area is 92.7 Å². The summed E-state index contributed by atoms with van der Waals surface area (Å²) in [5, 5.41) is 9.02. The molecule has 2 atom stereocenters. The molecular weight excluding hydrogens is 212 g/mol. The summed E-state index contributed by atoms with van der Waals surface area (Å²) < 4.78 is 0. The molecular formula is C10H14N2O4. The van der Waals surface area contributed by atoms with Crippen molar-refractivity contribution in [3.05, 3.63) is 0 Å². The molecule has 0 spiro atoms. The molecule has 0 aliphatic carbocycles. The summed E-state index contributed by atoms with van der Waals surface area (Å²) in [5.41, 5.74) is -1.42. The molecule has 88 valence electrons. The molecule has 3 aliphatic heterocycles. The predicted molar refractivity (Wildman–Crippen MR) is 52.1 cm³/mol. The molecule has 6 nitrogen and oxygen atoms in total. The third kappa shape index (κ3) is 0.985. The molecule has 0 saturated carbocycles. The van der Waals surface area contributed by atoms with Crippen LogP contribution < -0.4 is 0 Å². The molecule has 0 unspecified atom stereocenters. The summed E-state index contributed by atoms with van der Waals surface area (Å²) in [6.45, 7) is 1.09. The summed E-state index contributed by atoms with van der Waals surface area (Å²) >= 11 is 0. The lowest BCUT2D eigenvalue weighted by Gasteiger charge is -2.44. The second-order valence-corrected chi connectivity index (χ2v) is 4.63. The highest BCUT2D eigenvalue weighted by Crippen LogP contribution is 2.39. The topological polar surface area (TPSA) is 70.1 Å². The van der Waals surface area contributed by atoms with Gasteiger partial charge in [0.25, 0.3) is 11.6 Å². The molecule has 3 heterocycles. The highest BCUT2D eigenvalue weighted by Gasteiger charge is 2.61. The van der Waals surface area contributed by atoms with Crippen molar-refractivity contribution in [1.82, 2.24) is 9.80 Å². The molecule has 2 amide bonds. The Hall–Kier alpha value is -1.14. The minimum atomic E-state index is -1.42. The molecule has 0 aromatic carbocycles. The van der Waals surface area contributed by atoms with Gasteiger partial charge in [-0.3, -0.25) is 9.59 Å². The number of rotatable bonds is 1. The number of hydrogen-bond donors (Lipinski definition) is 1. The first-order chi connectivity index (χ1) is 7.70. The van der Waals surface area contributed by atoms with E-state index in [0.29, 0.717) is 25.9 Å². The summed E-state index contributed by atoms with van der Waals surface area (Å²) in [7, 11) is 0. The maximum absolute atomic E-state index is 12.2. The second-order valence-electron chi connectivity index (χ2n) is 4.63. The standard InChI is InChI=1S/C10H14N2O4/c13-8-7-3-1-5-11(7)9(14)10(16-15)4-2-6-12(8)10/h7,15H,1-6H2/t7-,10+/m0/s1. The van der Waals surface area contributed by atoms with E-state index in [1.54, 1.807) is 4.90 Å². The molecule has 3 rings (SSSR count). The highest BCUT2D eigenvalue weighted by atomic mass is 17.1. The van der Waals surface area contributed by atoms with Gasteiger partial charge in [-0.15, -0.1) is 0 Å². The number of carbonyl (C=O) groups is 2. The number of fused-ring (bicyclic) bond motifs is 2. The Morgan fingerprint density at radius 3 is 2.88 bits per heavy atom. The average Bonchev–Trinajstić information content (AvgIpc) is 2.93. The largest absolute Gasteiger partial charge is 0.326 e. The molecule has 0 aromatic heterocycles. The summed E-state index contributed by atoms with van der Waals surface area (Å²) in [6, 6.07) is -0.325. The average molecular weight is 226 g/mol. The SMILES string of the molecule is O=C1[C@@H]2CCCN2C(=O)[C@]2(OO)CCCN12. The van der Waals surface area contributed by atoms with Crippen LogP contribution in [0.2, 0.25) is 0 Å². The predicted octanol–water partition coefficient (Wildman–Crippen LogP) is -0.201. The van der Waals surface area contributed by atoms with E-state index < -0.39 is 5.72 Å². The first kappa shape index (κ1) is 10.0. The van der Waals surface area contributed by atoms with Crippen LogP contribution in [0.4, 0.5) is 0 Å². The Kier molecular flexibility index (Phi) is 1.99. The van der Waals surface area contributed by atoms with Gasteiger partial charge < -0.3 is 9.80 Å². The Morgan fingerprint density at radius 1 is 1.31 bits per heavy atom. The quantitative estimate of drug-likeness (QED) is 0.496. The zero-order chi connectivity index (χ0) is 11.3. The molecule has 0 radical (unpaired) electrons. The van der Waals surface area contributed by atoms with Gasteiger partial charge in [0.05, 0.1) is 0 Å². The van der Waals surface area contributed by atoms with E-state index in [1.165, 1.54) is 4.90 Å². The Morgan fingerprint density at radius 2 is 2.12 bits per heavy atom. The molecule has 3 aliphatic rings. The van der Waals surface area contributed by atoms with Gasteiger partial charge in [-0.2, -0.15) is 0 Å². The molecule has 0 aromatic rings. The van der Waals surface area contributed by atoms with E-state index >= 15 is 0 Å². The molecule has 3 saturated heterocycles. The lowest BCUT2D eigenvalue weighted by molar-refractivity contribution is -0.345. The van der Waals surface area contributed by atoms with Crippen molar-refractivity contribution >= 4 is 11.8 Å². The highest BCUT2D eigenvalue weighted by molar-refractivity contribution is 5.99. The fourth-order valence-corrected chi connectivity index (χ4v) is 3.11. The Balaban J connectivity index is 2.04. The van der Waals surface area contributed by atoms with Gasteiger partial charge in [-0.05, 0) is 19.3 Å². The van der Waals surface area contributed by atoms with Gasteiger partial charge >= 0.3 is 0 Å². The number of amides is 2. The van der Waals surface area contributed by atoms with Gasteiger partial charge in [0.15, 0.2) is 0 Å². The Bertz CT molecular complexity index is 359. The zero-order valence-corrected chi connectivity index (χ0v) is 8.89. The van der Waals surface area contributed by atoms with Crippen molar-refractivity contribution in [2.24, 2.45) is 0 Å². The lowest BCUT2D eigenvalue weighted by Crippen LogP contribution is -2.68. The van der Waals surface area contributed by atoms with Crippen LogP contribution in [0.3, 0.4) is 0 Å². The van der Waals surface area contributed by atoms with Crippen molar-refractivity contribution in [1.29, 1.82) is 0 Å². The van der Waals surface area contributed by atoms with E-state index in [-0.39, 0.29) is 17.9 Å². The van der Waals surface area contributed by atoms with Crippen molar-refractivity contribution in [2.45, 2.75) is 37.5 Å². The van der Waals surface area contributed by atoms with Crippen LogP contribution in [0.25, 0.3) is 0 Å². The van der Waals surface area contributed by atoms with E-state index in [1.807, 2.05) is 0 Å². The third-order valence-corrected chi connectivity index (χ3v) is 3.88. The minimum absolute atomic E-state index is 0.0800. The van der Waals surface area contributed by atoms with Crippen LogP contribution in [-0.2, 0) is 14.5 Å². The van der Waals surface area contributed by atoms with Gasteiger partial charge in [-0.1, -0.05) is 0 Å². The summed E-state index contributed by atoms with van der Waals surface area (Å²) in [5.74, 6) is -0.335. The summed E-state index contributed by atoms with van der Waals surface area (Å²) in [4.78, 5) is 31.7. The van der Waals surface area contributed by atoms with Crippen molar-refractivity contribution in [3.63, 3.8) is 0 Å². The number of nitrogens with zero attached hydrogens (tertiary/aromatic N) is 2. The number of carbonyl (C=O) groups excluding carboxylic acids is 2. The van der Waals surface area contributed by atoms with Gasteiger partial charge in [0.2, 0.25) is 5.91 Å². The van der Waals surface area contributed by atoms with Crippen molar-refractivity contribution < 1.29 is 19.7 Å². The van der Waals surface area contributed by atoms with Gasteiger partial charge in [0.1, 0.15) is 6.04 Å². The number of piperazine rings is 1. The number of hydrogen-bond acceptors (Lipinski definition) is 4. The molecule has 6 heteroatoms. The molecule has 0 bridgehead atoms. The van der Waals surface area contributed by atoms with E-state index in [9.17, 15) is 9.59 Å². The van der Waals surface area contributed by atoms with Crippen LogP contribution in [-0.4, -0.2) is 51.7 Å². The summed E-state index contributed by atoms with van der Waals surface area (Å²) in [6.07, 6.45) is 2.65. The van der Waals surface area contributed by atoms with Crippen molar-refractivity contribution in [3.8, 4) is 0 Å². The van der Waals surface area contributed by atoms with Crippen LogP contribution in [0.1, 0.15) is 25.7 Å². The zero-order valence-electron chi connectivity index (χ0n) is 8.89. The normalized spacial score (nSPS) is 37.9. The van der Waals surface area contributed by atoms with Gasteiger partial charge in [0, 0.05) is 19.5 Å². The van der Waals surface area contributed by atoms with Crippen LogP contribution >= 0.6 is 0 Å². The maximum atomic E-state index is 12.2. The molecule has 1 N–H and O–H groups in total. The lowest BCUT2D eigenvalue weighted by atomic mass is 10.0. The van der Waals surface area contributed by atoms with Crippen LogP contribution in [0.5, 0.6) is 0 Å². The fourth-order valence-electron chi connectivity index (χ4n) is 3.11. The molecule has 16 heavy (non-hydrogen) atoms. The van der Waals surface area contributed by atoms with Crippen LogP contribution in [0, 0.1) is 0 Å². The second kappa shape index (κ2) is 3.18. The maximum Gasteiger partial charge on any atom is 0.279 e. The monoisotopic (exact) mass is 226 g/mol. The third-order valence-electron chi connectivity index (χ3n) is 3.88. The van der Waals surface area contributed by atoms with Gasteiger partial charge in [-0.25, -0.2) is 10.1 Å². The van der Waals surface area contributed by atoms with Crippen LogP contribution in [0.15, 0.2) is 0 Å². The van der Waals surface area contributed by atoms with E-state index in [0.717, 1.165) is 12.8 Å². The smallest absolute Gasteiger partial charge is 0.279 e. The first-order valence-corrected chi connectivity index (χ1v) is 5.66. The van der Waals surface area contributed by atoms with Crippen molar-refractivity contribution in [2.75, 3.05) is 13.1 Å². The fraction of sp³-hybridized carbons (Fsp3) is 0.800. The molecule has 3 fully saturated rings. The van der Waals surface area contributed by atoms with E-state index in [4.69, 9.17) is 5.26 Å².